The fourth-order valence-electron chi connectivity index (χ4n) is 3.20. The molecule has 0 aliphatic heterocycles. The molecule has 0 saturated heterocycles. The summed E-state index contributed by atoms with van der Waals surface area (Å²) >= 11 is 0. The van der Waals surface area contributed by atoms with E-state index in [1.54, 1.807) is 0 Å². The van der Waals surface area contributed by atoms with Gasteiger partial charge in [-0.15, -0.1) is 0 Å². The third-order valence-corrected chi connectivity index (χ3v) is 4.05. The van der Waals surface area contributed by atoms with Gasteiger partial charge in [-0.1, -0.05) is 13.3 Å². The monoisotopic (exact) mass is 224 g/mol. The topological polar surface area (TPSA) is 62.4 Å². The molecule has 3 atom stereocenters. The van der Waals surface area contributed by atoms with E-state index in [1.807, 2.05) is 0 Å². The third-order valence-electron chi connectivity index (χ3n) is 4.05. The molecule has 2 fully saturated rings. The molecule has 4 nitrogen and oxygen atoms in total. The molecule has 0 heterocycles. The summed E-state index contributed by atoms with van der Waals surface area (Å²) in [6.07, 6.45) is 6.82. The average molecular weight is 224 g/mol. The van der Waals surface area contributed by atoms with Crippen molar-refractivity contribution in [2.24, 2.45) is 28.6 Å². The lowest BCUT2D eigenvalue weighted by Gasteiger charge is -2.20. The molecule has 92 valence electrons. The average Bonchev–Trinajstić information content (AvgIpc) is 2.91. The van der Waals surface area contributed by atoms with Gasteiger partial charge in [0.25, 0.3) is 0 Å². The molecule has 2 aliphatic carbocycles. The molecule has 2 aliphatic rings. The third kappa shape index (κ3) is 2.67. The fourth-order valence-corrected chi connectivity index (χ4v) is 3.20. The number of nitrogens with zero attached hydrogens (tertiary/aromatic N) is 1. The van der Waals surface area contributed by atoms with E-state index in [0.717, 1.165) is 43.2 Å². The van der Waals surface area contributed by atoms with Crippen LogP contribution in [0.25, 0.3) is 0 Å². The van der Waals surface area contributed by atoms with Crippen LogP contribution in [0.4, 0.5) is 0 Å². The zero-order valence-electron chi connectivity index (χ0n) is 10.2. The van der Waals surface area contributed by atoms with E-state index < -0.39 is 0 Å². The van der Waals surface area contributed by atoms with Crippen LogP contribution in [0.15, 0.2) is 4.99 Å². The number of aliphatic imine (C=N–C) groups is 1. The zero-order chi connectivity index (χ0) is 11.4. The van der Waals surface area contributed by atoms with Crippen LogP contribution in [0, 0.1) is 17.8 Å². The maximum Gasteiger partial charge on any atom is 0.205 e. The maximum atomic E-state index is 5.43. The second kappa shape index (κ2) is 5.53. The number of hydrogen-bond acceptors (Lipinski definition) is 2. The Bertz CT molecular complexity index is 251. The van der Waals surface area contributed by atoms with E-state index in [9.17, 15) is 0 Å². The second-order valence-corrected chi connectivity index (χ2v) is 5.20. The number of hydrogen-bond donors (Lipinski definition) is 3. The highest BCUT2D eigenvalue weighted by Gasteiger charge is 2.39. The van der Waals surface area contributed by atoms with E-state index in [2.05, 4.69) is 22.7 Å². The van der Waals surface area contributed by atoms with Crippen molar-refractivity contribution in [3.63, 3.8) is 0 Å². The normalized spacial score (nSPS) is 33.1. The summed E-state index contributed by atoms with van der Waals surface area (Å²) in [7, 11) is 0. The Labute approximate surface area is 98.0 Å². The molecule has 0 aromatic carbocycles. The molecule has 2 saturated carbocycles. The van der Waals surface area contributed by atoms with Crippen molar-refractivity contribution in [2.75, 3.05) is 13.1 Å². The van der Waals surface area contributed by atoms with Gasteiger partial charge in [0, 0.05) is 13.1 Å². The molecular weight excluding hydrogens is 200 g/mol. The largest absolute Gasteiger partial charge is 0.355 e. The van der Waals surface area contributed by atoms with Crippen LogP contribution in [0.3, 0.4) is 0 Å². The zero-order valence-corrected chi connectivity index (χ0v) is 10.2. The predicted molar refractivity (Wildman–Crippen MR) is 66.9 cm³/mol. The summed E-state index contributed by atoms with van der Waals surface area (Å²) < 4.78 is 0. The summed E-state index contributed by atoms with van der Waals surface area (Å²) in [5, 5.41) is 3.20. The van der Waals surface area contributed by atoms with Crippen LogP contribution in [0.1, 0.15) is 39.0 Å². The second-order valence-electron chi connectivity index (χ2n) is 5.20. The molecule has 0 amide bonds. The first-order chi connectivity index (χ1) is 7.83. The van der Waals surface area contributed by atoms with E-state index in [-0.39, 0.29) is 0 Å². The predicted octanol–water partition coefficient (Wildman–Crippen LogP) is 1.24. The lowest BCUT2D eigenvalue weighted by atomic mass is 9.89. The van der Waals surface area contributed by atoms with Gasteiger partial charge in [-0.3, -0.25) is 10.4 Å². The minimum Gasteiger partial charge on any atom is -0.355 e. The maximum absolute atomic E-state index is 5.43. The summed E-state index contributed by atoms with van der Waals surface area (Å²) in [6, 6.07) is 0. The van der Waals surface area contributed by atoms with Gasteiger partial charge < -0.3 is 5.32 Å². The van der Waals surface area contributed by atoms with E-state index >= 15 is 0 Å². The Hall–Kier alpha value is -0.770. The number of nitrogens with two attached hydrogens (primary N) is 1. The van der Waals surface area contributed by atoms with Crippen LogP contribution in [-0.2, 0) is 0 Å². The molecule has 0 aromatic rings. The van der Waals surface area contributed by atoms with E-state index in [0.29, 0.717) is 0 Å². The quantitative estimate of drug-likeness (QED) is 0.291. The van der Waals surface area contributed by atoms with Crippen molar-refractivity contribution >= 4 is 5.96 Å². The standard InChI is InChI=1S/C12H24N4/c1-2-5-14-12(16-13)15-8-11-7-9-3-4-10(11)6-9/h9-11H,2-8,13H2,1H3,(H2,14,15,16). The number of nitrogens with one attached hydrogen (secondary N) is 2. The Kier molecular flexibility index (Phi) is 4.04. The van der Waals surface area contributed by atoms with Crippen molar-refractivity contribution in [3.05, 3.63) is 0 Å². The van der Waals surface area contributed by atoms with Crippen molar-refractivity contribution in [2.45, 2.75) is 39.0 Å². The highest BCUT2D eigenvalue weighted by molar-refractivity contribution is 5.79. The summed E-state index contributed by atoms with van der Waals surface area (Å²) in [5.74, 6) is 8.94. The SMILES string of the molecule is CCCNC(=NCC1CC2CCC1C2)NN. The van der Waals surface area contributed by atoms with Crippen LogP contribution >= 0.6 is 0 Å². The lowest BCUT2D eigenvalue weighted by Crippen LogP contribution is -2.42. The fraction of sp³-hybridized carbons (Fsp3) is 0.917. The van der Waals surface area contributed by atoms with Crippen molar-refractivity contribution in [1.82, 2.24) is 10.7 Å². The van der Waals surface area contributed by atoms with Crippen LogP contribution in [0.5, 0.6) is 0 Å². The minimum absolute atomic E-state index is 0.754. The van der Waals surface area contributed by atoms with Gasteiger partial charge in [-0.05, 0) is 43.4 Å². The van der Waals surface area contributed by atoms with Gasteiger partial charge in [0.15, 0.2) is 0 Å². The number of guanidine groups is 1. The van der Waals surface area contributed by atoms with Crippen LogP contribution < -0.4 is 16.6 Å². The van der Waals surface area contributed by atoms with Gasteiger partial charge in [-0.2, -0.15) is 0 Å². The molecule has 0 spiro atoms. The molecular formula is C12H24N4. The first-order valence-corrected chi connectivity index (χ1v) is 6.58. The Morgan fingerprint density at radius 3 is 2.81 bits per heavy atom. The Morgan fingerprint density at radius 1 is 1.38 bits per heavy atom. The molecule has 2 rings (SSSR count). The van der Waals surface area contributed by atoms with E-state index in [4.69, 9.17) is 5.84 Å². The Morgan fingerprint density at radius 2 is 2.25 bits per heavy atom. The number of rotatable bonds is 4. The van der Waals surface area contributed by atoms with Gasteiger partial charge in [0.2, 0.25) is 5.96 Å². The van der Waals surface area contributed by atoms with Crippen molar-refractivity contribution in [1.29, 1.82) is 0 Å². The first kappa shape index (κ1) is 11.7. The molecule has 2 bridgehead atoms. The summed E-state index contributed by atoms with van der Waals surface area (Å²) in [5.41, 5.74) is 2.64. The first-order valence-electron chi connectivity index (χ1n) is 6.58. The van der Waals surface area contributed by atoms with Gasteiger partial charge in [0.1, 0.15) is 0 Å². The van der Waals surface area contributed by atoms with Gasteiger partial charge in [-0.25, -0.2) is 5.84 Å². The molecule has 4 N–H and O–H groups in total. The smallest absolute Gasteiger partial charge is 0.205 e. The summed E-state index contributed by atoms with van der Waals surface area (Å²) in [6.45, 7) is 4.01. The molecule has 4 heteroatoms. The molecule has 3 unspecified atom stereocenters. The van der Waals surface area contributed by atoms with Crippen molar-refractivity contribution < 1.29 is 0 Å². The van der Waals surface area contributed by atoms with Gasteiger partial charge >= 0.3 is 0 Å². The lowest BCUT2D eigenvalue weighted by molar-refractivity contribution is 0.341. The van der Waals surface area contributed by atoms with Crippen LogP contribution in [-0.4, -0.2) is 19.0 Å². The highest BCUT2D eigenvalue weighted by atomic mass is 15.3. The Balaban J connectivity index is 1.78. The van der Waals surface area contributed by atoms with Crippen LogP contribution in [0.2, 0.25) is 0 Å². The number of fused-ring (bicyclic) bond motifs is 2. The summed E-state index contributed by atoms with van der Waals surface area (Å²) in [4.78, 5) is 4.55. The van der Waals surface area contributed by atoms with Crippen molar-refractivity contribution in [3.8, 4) is 0 Å². The van der Waals surface area contributed by atoms with Gasteiger partial charge in [0.05, 0.1) is 0 Å². The number of hydrazine groups is 1. The highest BCUT2D eigenvalue weighted by Crippen LogP contribution is 2.48. The van der Waals surface area contributed by atoms with E-state index in [1.165, 1.54) is 25.7 Å². The molecule has 0 radical (unpaired) electrons. The molecule has 0 aromatic heterocycles. The molecule has 16 heavy (non-hydrogen) atoms. The minimum atomic E-state index is 0.754.